The molecule has 0 bridgehead atoms. The highest BCUT2D eigenvalue weighted by atomic mass is 16.4. The number of aliphatic carboxylic acids is 1. The third-order valence-corrected chi connectivity index (χ3v) is 3.51. The lowest BCUT2D eigenvalue weighted by Crippen LogP contribution is -2.48. The van der Waals surface area contributed by atoms with Crippen molar-refractivity contribution in [3.8, 4) is 6.07 Å². The number of carbonyl (C=O) groups is 2. The molecule has 2 amide bonds. The molecular formula is C14H23N3O3. The van der Waals surface area contributed by atoms with Crippen LogP contribution in [0.5, 0.6) is 0 Å². The average Bonchev–Trinajstić information content (AvgIpc) is 2.82. The molecule has 2 N–H and O–H groups in total. The standard InChI is InChI=1S/C14H23N3O3/c1-10(2)9-17(8-4-7-15)14(20)16-12-6-3-5-11(12)13(18)19/h10-12H,3-6,8-9H2,1-2H3,(H,16,20)(H,18,19). The van der Waals surface area contributed by atoms with Crippen molar-refractivity contribution in [1.29, 1.82) is 5.26 Å². The van der Waals surface area contributed by atoms with Crippen LogP contribution in [0.4, 0.5) is 4.79 Å². The lowest BCUT2D eigenvalue weighted by molar-refractivity contribution is -0.142. The zero-order valence-corrected chi connectivity index (χ0v) is 12.1. The van der Waals surface area contributed by atoms with Gasteiger partial charge in [-0.3, -0.25) is 4.79 Å². The second-order valence-electron chi connectivity index (χ2n) is 5.68. The Labute approximate surface area is 119 Å². The van der Waals surface area contributed by atoms with Gasteiger partial charge in [-0.25, -0.2) is 4.79 Å². The topological polar surface area (TPSA) is 93.4 Å². The van der Waals surface area contributed by atoms with Crippen molar-refractivity contribution >= 4 is 12.0 Å². The molecule has 20 heavy (non-hydrogen) atoms. The third-order valence-electron chi connectivity index (χ3n) is 3.51. The van der Waals surface area contributed by atoms with E-state index in [0.717, 1.165) is 6.42 Å². The van der Waals surface area contributed by atoms with Crippen LogP contribution in [0, 0.1) is 23.2 Å². The average molecular weight is 281 g/mol. The molecule has 0 heterocycles. The summed E-state index contributed by atoms with van der Waals surface area (Å²) in [6.07, 6.45) is 2.43. The van der Waals surface area contributed by atoms with Crippen LogP contribution < -0.4 is 5.32 Å². The minimum absolute atomic E-state index is 0.257. The second kappa shape index (κ2) is 7.73. The van der Waals surface area contributed by atoms with Crippen LogP contribution in [0.15, 0.2) is 0 Å². The van der Waals surface area contributed by atoms with Crippen LogP contribution in [-0.2, 0) is 4.79 Å². The van der Waals surface area contributed by atoms with Crippen molar-refractivity contribution < 1.29 is 14.7 Å². The summed E-state index contributed by atoms with van der Waals surface area (Å²) in [6.45, 7) is 4.95. The van der Waals surface area contributed by atoms with E-state index in [-0.39, 0.29) is 18.5 Å². The summed E-state index contributed by atoms with van der Waals surface area (Å²) in [5.41, 5.74) is 0. The highest BCUT2D eigenvalue weighted by Gasteiger charge is 2.34. The molecule has 1 aliphatic rings. The van der Waals surface area contributed by atoms with Crippen molar-refractivity contribution in [2.45, 2.75) is 45.6 Å². The van der Waals surface area contributed by atoms with E-state index in [1.165, 1.54) is 0 Å². The fraction of sp³-hybridized carbons (Fsp3) is 0.786. The van der Waals surface area contributed by atoms with E-state index in [0.29, 0.717) is 31.8 Å². The van der Waals surface area contributed by atoms with Gasteiger partial charge in [-0.15, -0.1) is 0 Å². The molecule has 1 aliphatic carbocycles. The molecule has 0 spiro atoms. The summed E-state index contributed by atoms with van der Waals surface area (Å²) < 4.78 is 0. The van der Waals surface area contributed by atoms with Crippen LogP contribution in [0.3, 0.4) is 0 Å². The second-order valence-corrected chi connectivity index (χ2v) is 5.68. The van der Waals surface area contributed by atoms with Crippen LogP contribution in [0.2, 0.25) is 0 Å². The van der Waals surface area contributed by atoms with Gasteiger partial charge in [0.15, 0.2) is 0 Å². The number of nitriles is 1. The van der Waals surface area contributed by atoms with E-state index in [9.17, 15) is 9.59 Å². The first kappa shape index (κ1) is 16.3. The number of hydrogen-bond acceptors (Lipinski definition) is 3. The number of carboxylic acid groups (broad SMARTS) is 1. The molecule has 1 rings (SSSR count). The number of hydrogen-bond donors (Lipinski definition) is 2. The van der Waals surface area contributed by atoms with Gasteiger partial charge in [0.1, 0.15) is 0 Å². The molecule has 6 heteroatoms. The van der Waals surface area contributed by atoms with Crippen LogP contribution in [-0.4, -0.2) is 41.1 Å². The van der Waals surface area contributed by atoms with Gasteiger partial charge in [0.05, 0.1) is 18.4 Å². The van der Waals surface area contributed by atoms with Crippen molar-refractivity contribution in [2.24, 2.45) is 11.8 Å². The summed E-state index contributed by atoms with van der Waals surface area (Å²) in [4.78, 5) is 24.9. The van der Waals surface area contributed by atoms with Gasteiger partial charge in [0.2, 0.25) is 0 Å². The molecule has 0 aromatic carbocycles. The Morgan fingerprint density at radius 3 is 2.70 bits per heavy atom. The van der Waals surface area contributed by atoms with Crippen molar-refractivity contribution in [3.63, 3.8) is 0 Å². The summed E-state index contributed by atoms with van der Waals surface area (Å²) in [7, 11) is 0. The number of nitrogens with zero attached hydrogens (tertiary/aromatic N) is 2. The van der Waals surface area contributed by atoms with E-state index >= 15 is 0 Å². The molecule has 0 aromatic rings. The Balaban J connectivity index is 2.60. The molecule has 2 atom stereocenters. The Hall–Kier alpha value is -1.77. The zero-order chi connectivity index (χ0) is 15.1. The molecule has 0 radical (unpaired) electrons. The lowest BCUT2D eigenvalue weighted by atomic mass is 10.0. The minimum atomic E-state index is -0.847. The quantitative estimate of drug-likeness (QED) is 0.776. The van der Waals surface area contributed by atoms with Gasteiger partial charge in [-0.05, 0) is 18.8 Å². The van der Waals surface area contributed by atoms with Gasteiger partial charge in [-0.2, -0.15) is 5.26 Å². The van der Waals surface area contributed by atoms with Crippen molar-refractivity contribution in [1.82, 2.24) is 10.2 Å². The minimum Gasteiger partial charge on any atom is -0.481 e. The zero-order valence-electron chi connectivity index (χ0n) is 12.1. The van der Waals surface area contributed by atoms with Crippen LogP contribution >= 0.6 is 0 Å². The SMILES string of the molecule is CC(C)CN(CCC#N)C(=O)NC1CCCC1C(=O)O. The Bertz CT molecular complexity index is 390. The number of rotatable bonds is 6. The molecule has 0 saturated heterocycles. The maximum Gasteiger partial charge on any atom is 0.317 e. The van der Waals surface area contributed by atoms with Gasteiger partial charge in [-0.1, -0.05) is 20.3 Å². The molecule has 2 unspecified atom stereocenters. The molecule has 6 nitrogen and oxygen atoms in total. The molecule has 1 saturated carbocycles. The van der Waals surface area contributed by atoms with E-state index < -0.39 is 11.9 Å². The predicted octanol–water partition coefficient (Wildman–Crippen LogP) is 1.82. The Kier molecular flexibility index (Phi) is 6.29. The molecule has 0 aliphatic heterocycles. The molecule has 1 fully saturated rings. The molecular weight excluding hydrogens is 258 g/mol. The van der Waals surface area contributed by atoms with Crippen molar-refractivity contribution in [3.05, 3.63) is 0 Å². The van der Waals surface area contributed by atoms with Crippen LogP contribution in [0.1, 0.15) is 39.5 Å². The van der Waals surface area contributed by atoms with Gasteiger partial charge in [0.25, 0.3) is 0 Å². The summed E-state index contributed by atoms with van der Waals surface area (Å²) in [5, 5.41) is 20.6. The maximum absolute atomic E-state index is 12.2. The van der Waals surface area contributed by atoms with Crippen LogP contribution in [0.25, 0.3) is 0 Å². The Morgan fingerprint density at radius 1 is 1.45 bits per heavy atom. The first-order chi connectivity index (χ1) is 9.45. The van der Waals surface area contributed by atoms with Gasteiger partial charge < -0.3 is 15.3 Å². The highest BCUT2D eigenvalue weighted by Crippen LogP contribution is 2.26. The third kappa shape index (κ3) is 4.72. The van der Waals surface area contributed by atoms with E-state index in [2.05, 4.69) is 5.32 Å². The largest absolute Gasteiger partial charge is 0.481 e. The monoisotopic (exact) mass is 281 g/mol. The number of carboxylic acids is 1. The summed E-state index contributed by atoms with van der Waals surface area (Å²) >= 11 is 0. The number of nitrogens with one attached hydrogen (secondary N) is 1. The first-order valence-corrected chi connectivity index (χ1v) is 7.11. The number of urea groups is 1. The normalized spacial score (nSPS) is 21.5. The number of amides is 2. The van der Waals surface area contributed by atoms with Gasteiger partial charge in [0, 0.05) is 19.1 Å². The fourth-order valence-corrected chi connectivity index (χ4v) is 2.58. The van der Waals surface area contributed by atoms with E-state index in [1.807, 2.05) is 19.9 Å². The highest BCUT2D eigenvalue weighted by molar-refractivity contribution is 5.77. The lowest BCUT2D eigenvalue weighted by Gasteiger charge is -2.27. The summed E-state index contributed by atoms with van der Waals surface area (Å²) in [5.74, 6) is -1.03. The first-order valence-electron chi connectivity index (χ1n) is 7.11. The molecule has 112 valence electrons. The van der Waals surface area contributed by atoms with E-state index in [1.54, 1.807) is 4.90 Å². The molecule has 0 aromatic heterocycles. The van der Waals surface area contributed by atoms with Gasteiger partial charge >= 0.3 is 12.0 Å². The fourth-order valence-electron chi connectivity index (χ4n) is 2.58. The van der Waals surface area contributed by atoms with E-state index in [4.69, 9.17) is 10.4 Å². The summed E-state index contributed by atoms with van der Waals surface area (Å²) in [6, 6.07) is 1.48. The van der Waals surface area contributed by atoms with Crippen molar-refractivity contribution in [2.75, 3.05) is 13.1 Å². The number of carbonyl (C=O) groups excluding carboxylic acids is 1. The predicted molar refractivity (Wildman–Crippen MR) is 73.9 cm³/mol. The Morgan fingerprint density at radius 2 is 2.15 bits per heavy atom. The smallest absolute Gasteiger partial charge is 0.317 e. The maximum atomic E-state index is 12.2.